The van der Waals surface area contributed by atoms with Gasteiger partial charge in [0.05, 0.1) is 10.9 Å². The van der Waals surface area contributed by atoms with Gasteiger partial charge in [-0.15, -0.1) is 11.7 Å². The number of thioether (sulfide) groups is 1. The number of hydrogen-bond acceptors (Lipinski definition) is 4. The van der Waals surface area contributed by atoms with Gasteiger partial charge in [-0.2, -0.15) is 0 Å². The Hall–Kier alpha value is -2.57. The second-order valence-electron chi connectivity index (χ2n) is 6.13. The Labute approximate surface area is 172 Å². The van der Waals surface area contributed by atoms with Gasteiger partial charge in [0.1, 0.15) is 5.82 Å². The molecule has 0 bridgehead atoms. The van der Waals surface area contributed by atoms with Crippen LogP contribution < -0.4 is 5.43 Å². The van der Waals surface area contributed by atoms with E-state index in [2.05, 4.69) is 23.7 Å². The van der Waals surface area contributed by atoms with Crippen LogP contribution in [-0.2, 0) is 11.2 Å². The number of hydrazone groups is 1. The van der Waals surface area contributed by atoms with Crippen LogP contribution in [0.3, 0.4) is 0 Å². The van der Waals surface area contributed by atoms with Crippen LogP contribution in [0, 0.1) is 5.82 Å². The van der Waals surface area contributed by atoms with Gasteiger partial charge in [-0.3, -0.25) is 15.1 Å². The molecule has 2 aromatic rings. The van der Waals surface area contributed by atoms with Crippen molar-refractivity contribution in [1.82, 2.24) is 10.3 Å². The first kappa shape index (κ1) is 20.2. The fraction of sp³-hybridized carbons (Fsp3) is 0.143. The zero-order valence-electron chi connectivity index (χ0n) is 15.1. The van der Waals surface area contributed by atoms with Crippen LogP contribution >= 0.6 is 23.4 Å². The molecule has 7 heteroatoms. The summed E-state index contributed by atoms with van der Waals surface area (Å²) in [4.78, 5) is 14.4. The second kappa shape index (κ2) is 9.08. The van der Waals surface area contributed by atoms with E-state index in [0.29, 0.717) is 34.4 Å². The Kier molecular flexibility index (Phi) is 6.54. The van der Waals surface area contributed by atoms with Crippen LogP contribution in [0.15, 0.2) is 72.9 Å². The Morgan fingerprint density at radius 1 is 1.29 bits per heavy atom. The molecule has 0 unspecified atom stereocenters. The molecule has 0 spiro atoms. The zero-order valence-corrected chi connectivity index (χ0v) is 16.6. The van der Waals surface area contributed by atoms with Gasteiger partial charge >= 0.3 is 0 Å². The van der Waals surface area contributed by atoms with Crippen LogP contribution in [0.5, 0.6) is 0 Å². The number of nitrogens with zero attached hydrogens (tertiary/aromatic N) is 2. The summed E-state index contributed by atoms with van der Waals surface area (Å²) in [6.45, 7) is 7.98. The Morgan fingerprint density at radius 2 is 2.00 bits per heavy atom. The molecule has 0 saturated carbocycles. The van der Waals surface area contributed by atoms with Crippen molar-refractivity contribution in [2.45, 2.75) is 11.7 Å². The van der Waals surface area contributed by atoms with Gasteiger partial charge in [0, 0.05) is 11.6 Å². The van der Waals surface area contributed by atoms with Crippen LogP contribution in [-0.4, -0.2) is 27.8 Å². The summed E-state index contributed by atoms with van der Waals surface area (Å²) in [6, 6.07) is 13.4. The lowest BCUT2D eigenvalue weighted by atomic mass is 10.1. The molecule has 2 aromatic carbocycles. The third-order valence-electron chi connectivity index (χ3n) is 4.17. The van der Waals surface area contributed by atoms with Crippen LogP contribution in [0.2, 0.25) is 5.02 Å². The first-order valence-corrected chi connectivity index (χ1v) is 9.86. The van der Waals surface area contributed by atoms with E-state index in [1.54, 1.807) is 23.1 Å². The van der Waals surface area contributed by atoms with E-state index in [4.69, 9.17) is 11.6 Å². The lowest BCUT2D eigenvalue weighted by Crippen LogP contribution is -2.33. The molecule has 1 atom stereocenters. The Balaban J connectivity index is 1.75. The van der Waals surface area contributed by atoms with Gasteiger partial charge in [0.15, 0.2) is 5.17 Å². The molecule has 1 fully saturated rings. The van der Waals surface area contributed by atoms with Crippen molar-refractivity contribution in [2.24, 2.45) is 5.10 Å². The van der Waals surface area contributed by atoms with Crippen molar-refractivity contribution in [3.8, 4) is 0 Å². The molecule has 0 aliphatic carbocycles. The topological polar surface area (TPSA) is 44.7 Å². The van der Waals surface area contributed by atoms with Gasteiger partial charge in [0.2, 0.25) is 5.91 Å². The Bertz CT molecular complexity index is 930. The summed E-state index contributed by atoms with van der Waals surface area (Å²) in [5, 5.41) is 5.20. The summed E-state index contributed by atoms with van der Waals surface area (Å²) in [6.07, 6.45) is 2.16. The van der Waals surface area contributed by atoms with Crippen LogP contribution in [0.4, 0.5) is 4.39 Å². The molecule has 1 N–H and O–H groups in total. The quantitative estimate of drug-likeness (QED) is 0.527. The van der Waals surface area contributed by atoms with Crippen molar-refractivity contribution in [1.29, 1.82) is 0 Å². The number of benzene rings is 2. The molecular formula is C21H19ClFN3OS. The average Bonchev–Trinajstić information content (AvgIpc) is 2.98. The average molecular weight is 416 g/mol. The van der Waals surface area contributed by atoms with Crippen molar-refractivity contribution in [2.75, 3.05) is 6.54 Å². The maximum atomic E-state index is 13.1. The summed E-state index contributed by atoms with van der Waals surface area (Å²) >= 11 is 7.60. The lowest BCUT2D eigenvalue weighted by Gasteiger charge is -2.14. The van der Waals surface area contributed by atoms with Gasteiger partial charge < -0.3 is 0 Å². The standard InChI is InChI=1S/C21H19ClFN3OS/c1-3-12-26-20(27)19(13-16-6-4-5-7-18(16)22)28-21(26)25-24-14(2)15-8-10-17(23)11-9-15/h3-11,19,24H,1-2,12-13H2/b25-21-/t19-/m1/s1. The number of halogens is 2. The molecule has 4 nitrogen and oxygen atoms in total. The summed E-state index contributed by atoms with van der Waals surface area (Å²) in [7, 11) is 0. The highest BCUT2D eigenvalue weighted by atomic mass is 35.5. The fourth-order valence-corrected chi connectivity index (χ4v) is 4.07. The van der Waals surface area contributed by atoms with Gasteiger partial charge in [-0.25, -0.2) is 4.39 Å². The van der Waals surface area contributed by atoms with Gasteiger partial charge in [0.25, 0.3) is 0 Å². The van der Waals surface area contributed by atoms with Crippen molar-refractivity contribution in [3.63, 3.8) is 0 Å². The molecule has 0 aromatic heterocycles. The molecule has 1 heterocycles. The number of amidine groups is 1. The minimum atomic E-state index is -0.320. The minimum absolute atomic E-state index is 0.0437. The first-order chi connectivity index (χ1) is 13.5. The predicted molar refractivity (Wildman–Crippen MR) is 114 cm³/mol. The lowest BCUT2D eigenvalue weighted by molar-refractivity contribution is -0.125. The normalized spacial score (nSPS) is 17.8. The molecule has 1 aliphatic heterocycles. The number of amides is 1. The van der Waals surface area contributed by atoms with Crippen LogP contribution in [0.25, 0.3) is 5.70 Å². The molecule has 1 saturated heterocycles. The van der Waals surface area contributed by atoms with Crippen molar-refractivity contribution >= 4 is 40.1 Å². The van der Waals surface area contributed by atoms with E-state index in [-0.39, 0.29) is 17.0 Å². The van der Waals surface area contributed by atoms with E-state index in [0.717, 1.165) is 5.56 Å². The van der Waals surface area contributed by atoms with Crippen molar-refractivity contribution < 1.29 is 9.18 Å². The first-order valence-electron chi connectivity index (χ1n) is 8.60. The maximum absolute atomic E-state index is 13.1. The largest absolute Gasteiger partial charge is 0.285 e. The molecule has 0 radical (unpaired) electrons. The monoisotopic (exact) mass is 415 g/mol. The molecule has 3 rings (SSSR count). The van der Waals surface area contributed by atoms with E-state index >= 15 is 0 Å². The Morgan fingerprint density at radius 3 is 2.68 bits per heavy atom. The predicted octanol–water partition coefficient (Wildman–Crippen LogP) is 4.68. The van der Waals surface area contributed by atoms with Crippen molar-refractivity contribution in [3.05, 3.63) is 89.7 Å². The number of hydrogen-bond donors (Lipinski definition) is 1. The summed E-state index contributed by atoms with van der Waals surface area (Å²) < 4.78 is 13.1. The second-order valence-corrected chi connectivity index (χ2v) is 7.71. The van der Waals surface area contributed by atoms with Gasteiger partial charge in [-0.05, 0) is 47.9 Å². The number of carbonyl (C=O) groups is 1. The third kappa shape index (κ3) is 4.64. The number of rotatable bonds is 7. The van der Waals surface area contributed by atoms with E-state index in [9.17, 15) is 9.18 Å². The molecule has 1 aliphatic rings. The summed E-state index contributed by atoms with van der Waals surface area (Å²) in [5.41, 5.74) is 5.00. The molecule has 28 heavy (non-hydrogen) atoms. The molecular weight excluding hydrogens is 397 g/mol. The van der Waals surface area contributed by atoms with E-state index in [1.807, 2.05) is 24.3 Å². The zero-order chi connectivity index (χ0) is 20.1. The molecule has 144 valence electrons. The van der Waals surface area contributed by atoms with Crippen LogP contribution in [0.1, 0.15) is 11.1 Å². The number of carbonyl (C=O) groups excluding carboxylic acids is 1. The highest BCUT2D eigenvalue weighted by Crippen LogP contribution is 2.31. The fourth-order valence-electron chi connectivity index (χ4n) is 2.72. The third-order valence-corrected chi connectivity index (χ3v) is 5.72. The SMILES string of the molecule is C=CCN1C(=O)[C@@H](Cc2ccccc2Cl)S/C1=N\NC(=C)c1ccc(F)cc1. The highest BCUT2D eigenvalue weighted by Gasteiger charge is 2.37. The smallest absolute Gasteiger partial charge is 0.242 e. The minimum Gasteiger partial charge on any atom is -0.285 e. The van der Waals surface area contributed by atoms with E-state index in [1.165, 1.54) is 23.9 Å². The van der Waals surface area contributed by atoms with E-state index < -0.39 is 0 Å². The van der Waals surface area contributed by atoms with Gasteiger partial charge in [-0.1, -0.05) is 54.2 Å². The maximum Gasteiger partial charge on any atom is 0.242 e. The highest BCUT2D eigenvalue weighted by molar-refractivity contribution is 8.15. The summed E-state index contributed by atoms with van der Waals surface area (Å²) in [5.74, 6) is -0.364. The number of nitrogens with one attached hydrogen (secondary N) is 1. The molecule has 1 amide bonds.